The van der Waals surface area contributed by atoms with Crippen LogP contribution in [0.2, 0.25) is 5.02 Å². The van der Waals surface area contributed by atoms with Gasteiger partial charge in [0.15, 0.2) is 11.5 Å². The summed E-state index contributed by atoms with van der Waals surface area (Å²) < 4.78 is 5.25. The van der Waals surface area contributed by atoms with E-state index in [0.717, 1.165) is 25.7 Å². The summed E-state index contributed by atoms with van der Waals surface area (Å²) in [6.45, 7) is 0.227. The monoisotopic (exact) mass is 334 g/mol. The van der Waals surface area contributed by atoms with Crippen molar-refractivity contribution < 1.29 is 14.4 Å². The number of hydrogen-bond acceptors (Lipinski definition) is 4. The van der Waals surface area contributed by atoms with Crippen LogP contribution in [0, 0.1) is 5.92 Å². The van der Waals surface area contributed by atoms with Crippen molar-refractivity contribution in [2.24, 2.45) is 5.92 Å². The molecule has 2 aromatic rings. The van der Waals surface area contributed by atoms with Crippen molar-refractivity contribution >= 4 is 17.5 Å². The second-order valence-corrected chi connectivity index (χ2v) is 6.34. The number of amides is 1. The summed E-state index contributed by atoms with van der Waals surface area (Å²) in [5.74, 6) is 0.603. The highest BCUT2D eigenvalue weighted by Crippen LogP contribution is 2.28. The molecule has 1 heterocycles. The number of benzene rings is 1. The minimum atomic E-state index is -0.237. The molecule has 0 aliphatic heterocycles. The lowest BCUT2D eigenvalue weighted by molar-refractivity contribution is 0.0905. The molecule has 0 unspecified atom stereocenters. The maximum atomic E-state index is 12.3. The van der Waals surface area contributed by atoms with Gasteiger partial charge in [0.05, 0.1) is 5.02 Å². The van der Waals surface area contributed by atoms with Crippen molar-refractivity contribution in [2.75, 3.05) is 6.61 Å². The molecular formula is C17H19ClN2O3. The Kier molecular flexibility index (Phi) is 4.98. The minimum absolute atomic E-state index is 0.130. The third kappa shape index (κ3) is 3.74. The Morgan fingerprint density at radius 1 is 1.30 bits per heavy atom. The highest BCUT2D eigenvalue weighted by molar-refractivity contribution is 6.33. The molecule has 0 saturated heterocycles. The molecule has 1 aliphatic carbocycles. The zero-order valence-corrected chi connectivity index (χ0v) is 13.4. The number of aliphatic hydroxyl groups is 1. The number of carbonyl (C=O) groups excluding carboxylic acids is 1. The molecule has 3 rings (SSSR count). The van der Waals surface area contributed by atoms with E-state index in [4.69, 9.17) is 21.2 Å². The molecule has 5 nitrogen and oxygen atoms in total. The van der Waals surface area contributed by atoms with Gasteiger partial charge in [-0.1, -0.05) is 28.9 Å². The summed E-state index contributed by atoms with van der Waals surface area (Å²) in [7, 11) is 0. The van der Waals surface area contributed by atoms with Crippen LogP contribution >= 0.6 is 11.6 Å². The Morgan fingerprint density at radius 2 is 2.04 bits per heavy atom. The quantitative estimate of drug-likeness (QED) is 0.899. The van der Waals surface area contributed by atoms with Gasteiger partial charge in [0.2, 0.25) is 0 Å². The second-order valence-electron chi connectivity index (χ2n) is 5.93. The van der Waals surface area contributed by atoms with Gasteiger partial charge in [-0.2, -0.15) is 0 Å². The van der Waals surface area contributed by atoms with Gasteiger partial charge in [0, 0.05) is 24.3 Å². The van der Waals surface area contributed by atoms with Gasteiger partial charge in [-0.3, -0.25) is 4.79 Å². The lowest BCUT2D eigenvalue weighted by Crippen LogP contribution is -2.38. The molecule has 122 valence electrons. The van der Waals surface area contributed by atoms with E-state index in [0.29, 0.717) is 22.3 Å². The summed E-state index contributed by atoms with van der Waals surface area (Å²) in [4.78, 5) is 12.3. The molecule has 0 bridgehead atoms. The number of aliphatic hydroxyl groups excluding tert-OH is 1. The van der Waals surface area contributed by atoms with Crippen molar-refractivity contribution in [2.45, 2.75) is 31.7 Å². The molecular weight excluding hydrogens is 316 g/mol. The number of nitrogens with one attached hydrogen (secondary N) is 1. The van der Waals surface area contributed by atoms with Gasteiger partial charge in [-0.05, 0) is 43.7 Å². The molecule has 23 heavy (non-hydrogen) atoms. The van der Waals surface area contributed by atoms with E-state index in [-0.39, 0.29) is 24.2 Å². The molecule has 1 saturated carbocycles. The number of nitrogens with zero attached hydrogens (tertiary/aromatic N) is 1. The Morgan fingerprint density at radius 3 is 2.74 bits per heavy atom. The first-order valence-electron chi connectivity index (χ1n) is 7.80. The average molecular weight is 335 g/mol. The summed E-state index contributed by atoms with van der Waals surface area (Å²) in [6.07, 6.45) is 3.63. The van der Waals surface area contributed by atoms with Crippen LogP contribution in [0.25, 0.3) is 11.3 Å². The number of rotatable bonds is 4. The summed E-state index contributed by atoms with van der Waals surface area (Å²) in [6, 6.07) is 9.00. The van der Waals surface area contributed by atoms with Gasteiger partial charge in [-0.25, -0.2) is 0 Å². The molecule has 0 radical (unpaired) electrons. The highest BCUT2D eigenvalue weighted by atomic mass is 35.5. The standard InChI is InChI=1S/C17H19ClN2O3/c18-14-4-2-1-3-13(14)16-9-15(20-23-16)17(22)19-12-7-5-11(10-21)6-8-12/h1-4,9,11-12,21H,5-8,10H2,(H,19,22). The molecule has 1 amide bonds. The maximum absolute atomic E-state index is 12.3. The zero-order chi connectivity index (χ0) is 16.2. The van der Waals surface area contributed by atoms with E-state index in [2.05, 4.69) is 10.5 Å². The van der Waals surface area contributed by atoms with Gasteiger partial charge in [0.1, 0.15) is 0 Å². The summed E-state index contributed by atoms with van der Waals surface area (Å²) in [5.41, 5.74) is 0.966. The van der Waals surface area contributed by atoms with Crippen LogP contribution in [0.15, 0.2) is 34.9 Å². The topological polar surface area (TPSA) is 75.4 Å². The van der Waals surface area contributed by atoms with Crippen molar-refractivity contribution in [1.29, 1.82) is 0 Å². The molecule has 0 atom stereocenters. The fourth-order valence-electron chi connectivity index (χ4n) is 2.92. The highest BCUT2D eigenvalue weighted by Gasteiger charge is 2.23. The van der Waals surface area contributed by atoms with Crippen LogP contribution in [-0.4, -0.2) is 28.8 Å². The van der Waals surface area contributed by atoms with E-state index < -0.39 is 0 Å². The zero-order valence-electron chi connectivity index (χ0n) is 12.7. The molecule has 1 aromatic heterocycles. The number of halogens is 1. The third-order valence-corrected chi connectivity index (χ3v) is 4.65. The first kappa shape index (κ1) is 16.0. The number of hydrogen-bond donors (Lipinski definition) is 2. The van der Waals surface area contributed by atoms with Gasteiger partial charge < -0.3 is 14.9 Å². The van der Waals surface area contributed by atoms with Crippen molar-refractivity contribution in [3.05, 3.63) is 41.0 Å². The molecule has 2 N–H and O–H groups in total. The Balaban J connectivity index is 1.64. The third-order valence-electron chi connectivity index (χ3n) is 4.32. The fourth-order valence-corrected chi connectivity index (χ4v) is 3.15. The summed E-state index contributed by atoms with van der Waals surface area (Å²) >= 11 is 6.12. The first-order chi connectivity index (χ1) is 11.2. The Labute approximate surface area is 139 Å². The molecule has 1 aromatic carbocycles. The van der Waals surface area contributed by atoms with E-state index >= 15 is 0 Å². The van der Waals surface area contributed by atoms with Crippen LogP contribution in [-0.2, 0) is 0 Å². The van der Waals surface area contributed by atoms with E-state index in [1.165, 1.54) is 0 Å². The fraction of sp³-hybridized carbons (Fsp3) is 0.412. The maximum Gasteiger partial charge on any atom is 0.273 e. The van der Waals surface area contributed by atoms with Crippen LogP contribution in [0.3, 0.4) is 0 Å². The van der Waals surface area contributed by atoms with Gasteiger partial charge >= 0.3 is 0 Å². The average Bonchev–Trinajstić information content (AvgIpc) is 3.06. The molecule has 0 spiro atoms. The van der Waals surface area contributed by atoms with Crippen LogP contribution < -0.4 is 5.32 Å². The van der Waals surface area contributed by atoms with E-state index in [1.807, 2.05) is 18.2 Å². The van der Waals surface area contributed by atoms with Gasteiger partial charge in [-0.15, -0.1) is 0 Å². The predicted octanol–water partition coefficient (Wildman–Crippen LogP) is 3.28. The molecule has 1 aliphatic rings. The lowest BCUT2D eigenvalue weighted by atomic mass is 9.86. The minimum Gasteiger partial charge on any atom is -0.396 e. The van der Waals surface area contributed by atoms with Crippen molar-refractivity contribution in [3.8, 4) is 11.3 Å². The SMILES string of the molecule is O=C(NC1CCC(CO)CC1)c1cc(-c2ccccc2Cl)on1. The van der Waals surface area contributed by atoms with Crippen LogP contribution in [0.4, 0.5) is 0 Å². The van der Waals surface area contributed by atoms with Crippen molar-refractivity contribution in [3.63, 3.8) is 0 Å². The van der Waals surface area contributed by atoms with E-state index in [9.17, 15) is 4.79 Å². The van der Waals surface area contributed by atoms with E-state index in [1.54, 1.807) is 12.1 Å². The first-order valence-corrected chi connectivity index (χ1v) is 8.18. The Bertz CT molecular complexity index is 678. The smallest absolute Gasteiger partial charge is 0.273 e. The number of aromatic nitrogens is 1. The molecule has 1 fully saturated rings. The largest absolute Gasteiger partial charge is 0.396 e. The Hall–Kier alpha value is -1.85. The van der Waals surface area contributed by atoms with Crippen LogP contribution in [0.1, 0.15) is 36.2 Å². The normalized spacial score (nSPS) is 21.1. The molecule has 6 heteroatoms. The van der Waals surface area contributed by atoms with Crippen LogP contribution in [0.5, 0.6) is 0 Å². The lowest BCUT2D eigenvalue weighted by Gasteiger charge is -2.27. The predicted molar refractivity (Wildman–Crippen MR) is 87.2 cm³/mol. The number of carbonyl (C=O) groups is 1. The van der Waals surface area contributed by atoms with Gasteiger partial charge in [0.25, 0.3) is 5.91 Å². The second kappa shape index (κ2) is 7.15. The van der Waals surface area contributed by atoms with Crippen molar-refractivity contribution in [1.82, 2.24) is 10.5 Å². The summed E-state index contributed by atoms with van der Waals surface area (Å²) in [5, 5.41) is 16.5.